The van der Waals surface area contributed by atoms with E-state index in [1.165, 1.54) is 12.8 Å². The van der Waals surface area contributed by atoms with Crippen molar-refractivity contribution in [2.45, 2.75) is 44.2 Å². The summed E-state index contributed by atoms with van der Waals surface area (Å²) in [5.74, 6) is 0.220. The molecule has 0 aromatic heterocycles. The van der Waals surface area contributed by atoms with Crippen LogP contribution in [0.3, 0.4) is 0 Å². The Balaban J connectivity index is 1.90. The third kappa shape index (κ3) is 2.95. The molecule has 0 bridgehead atoms. The molecule has 2 heterocycles. The zero-order valence-corrected chi connectivity index (χ0v) is 10.2. The van der Waals surface area contributed by atoms with Crippen LogP contribution in [-0.4, -0.2) is 49.6 Å². The first-order valence-corrected chi connectivity index (χ1v) is 6.46. The van der Waals surface area contributed by atoms with E-state index in [9.17, 15) is 4.79 Å². The molecule has 4 heteroatoms. The van der Waals surface area contributed by atoms with Crippen molar-refractivity contribution in [3.8, 4) is 0 Å². The average molecular weight is 225 g/mol. The van der Waals surface area contributed by atoms with Gasteiger partial charge < -0.3 is 10.6 Å². The minimum absolute atomic E-state index is 0.220. The summed E-state index contributed by atoms with van der Waals surface area (Å²) in [7, 11) is 2.18. The Kier molecular flexibility index (Phi) is 4.18. The second kappa shape index (κ2) is 5.64. The second-order valence-corrected chi connectivity index (χ2v) is 5.02. The van der Waals surface area contributed by atoms with Crippen molar-refractivity contribution in [2.75, 3.05) is 26.7 Å². The average Bonchev–Trinajstić information content (AvgIpc) is 2.54. The molecular formula is C12H23N3O. The van der Waals surface area contributed by atoms with Crippen molar-refractivity contribution in [3.05, 3.63) is 0 Å². The fraction of sp³-hybridized carbons (Fsp3) is 0.917. The number of nitrogens with one attached hydrogen (secondary N) is 2. The van der Waals surface area contributed by atoms with Gasteiger partial charge in [-0.2, -0.15) is 0 Å². The minimum Gasteiger partial charge on any atom is -0.356 e. The molecule has 2 aliphatic rings. The molecule has 1 amide bonds. The number of amides is 1. The lowest BCUT2D eigenvalue weighted by atomic mass is 10.0. The van der Waals surface area contributed by atoms with Crippen LogP contribution >= 0.6 is 0 Å². The molecule has 0 aromatic rings. The predicted molar refractivity (Wildman–Crippen MR) is 64.3 cm³/mol. The predicted octanol–water partition coefficient (Wildman–Crippen LogP) is 0.339. The van der Waals surface area contributed by atoms with Gasteiger partial charge in [-0.05, 0) is 39.3 Å². The summed E-state index contributed by atoms with van der Waals surface area (Å²) < 4.78 is 0. The Morgan fingerprint density at radius 2 is 1.94 bits per heavy atom. The molecule has 0 aromatic carbocycles. The van der Waals surface area contributed by atoms with Crippen LogP contribution in [0, 0.1) is 0 Å². The van der Waals surface area contributed by atoms with Crippen LogP contribution in [0.4, 0.5) is 0 Å². The molecule has 0 aliphatic carbocycles. The van der Waals surface area contributed by atoms with Gasteiger partial charge in [0, 0.05) is 31.6 Å². The van der Waals surface area contributed by atoms with E-state index >= 15 is 0 Å². The number of carbonyl (C=O) groups excluding carboxylic acids is 1. The molecule has 2 rings (SSSR count). The van der Waals surface area contributed by atoms with Gasteiger partial charge in [0.25, 0.3) is 0 Å². The van der Waals surface area contributed by atoms with E-state index in [0.29, 0.717) is 18.5 Å². The number of rotatable bonds is 2. The van der Waals surface area contributed by atoms with Crippen LogP contribution in [0.5, 0.6) is 0 Å². The van der Waals surface area contributed by atoms with Gasteiger partial charge in [0.1, 0.15) is 0 Å². The maximum atomic E-state index is 11.5. The monoisotopic (exact) mass is 225 g/mol. The minimum atomic E-state index is 0.220. The van der Waals surface area contributed by atoms with Crippen molar-refractivity contribution >= 4 is 5.91 Å². The third-order valence-corrected chi connectivity index (χ3v) is 3.88. The van der Waals surface area contributed by atoms with Crippen LogP contribution in [0.2, 0.25) is 0 Å². The highest BCUT2D eigenvalue weighted by molar-refractivity contribution is 5.76. The largest absolute Gasteiger partial charge is 0.356 e. The van der Waals surface area contributed by atoms with E-state index in [-0.39, 0.29) is 5.91 Å². The van der Waals surface area contributed by atoms with Crippen molar-refractivity contribution < 1.29 is 4.79 Å². The third-order valence-electron chi connectivity index (χ3n) is 3.88. The maximum Gasteiger partial charge on any atom is 0.221 e. The Hall–Kier alpha value is -0.610. The SMILES string of the molecule is CN(C1CCCNC1)C1CCCNC(=O)C1. The normalized spacial score (nSPS) is 32.2. The number of hydrogen-bond donors (Lipinski definition) is 2. The van der Waals surface area contributed by atoms with E-state index in [1.807, 2.05) is 0 Å². The summed E-state index contributed by atoms with van der Waals surface area (Å²) in [5, 5.41) is 6.39. The van der Waals surface area contributed by atoms with Crippen molar-refractivity contribution in [1.82, 2.24) is 15.5 Å². The van der Waals surface area contributed by atoms with Crippen LogP contribution in [0.1, 0.15) is 32.1 Å². The molecule has 0 radical (unpaired) electrons. The highest BCUT2D eigenvalue weighted by Gasteiger charge is 2.27. The van der Waals surface area contributed by atoms with Gasteiger partial charge >= 0.3 is 0 Å². The molecule has 92 valence electrons. The Morgan fingerprint density at radius 3 is 2.69 bits per heavy atom. The van der Waals surface area contributed by atoms with Crippen LogP contribution in [0.15, 0.2) is 0 Å². The zero-order chi connectivity index (χ0) is 11.4. The van der Waals surface area contributed by atoms with Crippen molar-refractivity contribution in [1.29, 1.82) is 0 Å². The summed E-state index contributed by atoms with van der Waals surface area (Å²) in [6.07, 6.45) is 5.45. The lowest BCUT2D eigenvalue weighted by molar-refractivity contribution is -0.121. The summed E-state index contributed by atoms with van der Waals surface area (Å²) in [5.41, 5.74) is 0. The maximum absolute atomic E-state index is 11.5. The zero-order valence-electron chi connectivity index (χ0n) is 10.2. The highest BCUT2D eigenvalue weighted by Crippen LogP contribution is 2.18. The molecule has 2 unspecified atom stereocenters. The van der Waals surface area contributed by atoms with E-state index in [0.717, 1.165) is 32.5 Å². The number of carbonyl (C=O) groups is 1. The van der Waals surface area contributed by atoms with Gasteiger partial charge in [0.2, 0.25) is 5.91 Å². The molecule has 0 spiro atoms. The molecule has 2 fully saturated rings. The lowest BCUT2D eigenvalue weighted by Gasteiger charge is -2.36. The van der Waals surface area contributed by atoms with Gasteiger partial charge in [-0.3, -0.25) is 9.69 Å². The summed E-state index contributed by atoms with van der Waals surface area (Å²) in [4.78, 5) is 14.0. The fourth-order valence-corrected chi connectivity index (χ4v) is 2.78. The molecule has 4 nitrogen and oxygen atoms in total. The summed E-state index contributed by atoms with van der Waals surface area (Å²) in [6, 6.07) is 1.05. The Bertz CT molecular complexity index is 238. The Morgan fingerprint density at radius 1 is 1.19 bits per heavy atom. The molecule has 16 heavy (non-hydrogen) atoms. The van der Waals surface area contributed by atoms with Crippen LogP contribution in [-0.2, 0) is 4.79 Å². The first-order chi connectivity index (χ1) is 7.77. The van der Waals surface area contributed by atoms with E-state index < -0.39 is 0 Å². The topological polar surface area (TPSA) is 44.4 Å². The van der Waals surface area contributed by atoms with E-state index in [2.05, 4.69) is 22.6 Å². The molecule has 2 aliphatic heterocycles. The fourth-order valence-electron chi connectivity index (χ4n) is 2.78. The summed E-state index contributed by atoms with van der Waals surface area (Å²) in [6.45, 7) is 3.08. The first-order valence-electron chi connectivity index (χ1n) is 6.46. The molecule has 2 N–H and O–H groups in total. The van der Waals surface area contributed by atoms with Gasteiger partial charge in [-0.1, -0.05) is 0 Å². The number of piperidine rings is 1. The molecule has 2 atom stereocenters. The number of nitrogens with zero attached hydrogens (tertiary/aromatic N) is 1. The first kappa shape index (κ1) is 11.9. The standard InChI is InChI=1S/C12H23N3O/c1-15(11-5-2-6-13-9-11)10-4-3-7-14-12(16)8-10/h10-11,13H,2-9H2,1H3,(H,14,16). The molecule has 2 saturated heterocycles. The van der Waals surface area contributed by atoms with Gasteiger partial charge in [0.05, 0.1) is 0 Å². The van der Waals surface area contributed by atoms with Gasteiger partial charge in [-0.15, -0.1) is 0 Å². The quantitative estimate of drug-likeness (QED) is 0.712. The van der Waals surface area contributed by atoms with Gasteiger partial charge in [-0.25, -0.2) is 0 Å². The second-order valence-electron chi connectivity index (χ2n) is 5.02. The Labute approximate surface area is 97.8 Å². The number of hydrogen-bond acceptors (Lipinski definition) is 3. The molecule has 0 saturated carbocycles. The van der Waals surface area contributed by atoms with Crippen LogP contribution in [0.25, 0.3) is 0 Å². The number of likely N-dealkylation sites (N-methyl/N-ethyl adjacent to an activating group) is 1. The van der Waals surface area contributed by atoms with Crippen molar-refractivity contribution in [2.24, 2.45) is 0 Å². The van der Waals surface area contributed by atoms with Crippen molar-refractivity contribution in [3.63, 3.8) is 0 Å². The highest BCUT2D eigenvalue weighted by atomic mass is 16.1. The van der Waals surface area contributed by atoms with Crippen LogP contribution < -0.4 is 10.6 Å². The summed E-state index contributed by atoms with van der Waals surface area (Å²) >= 11 is 0. The molecular weight excluding hydrogens is 202 g/mol. The van der Waals surface area contributed by atoms with Gasteiger partial charge in [0.15, 0.2) is 0 Å². The lowest BCUT2D eigenvalue weighted by Crippen LogP contribution is -2.49. The van der Waals surface area contributed by atoms with E-state index in [1.54, 1.807) is 0 Å². The smallest absolute Gasteiger partial charge is 0.221 e. The van der Waals surface area contributed by atoms with E-state index in [4.69, 9.17) is 0 Å².